The Kier molecular flexibility index (Phi) is 10.3. The molecule has 6 aromatic rings. The van der Waals surface area contributed by atoms with Gasteiger partial charge in [-0.25, -0.2) is 4.98 Å². The molecular formula is C43H40Cl3N7O4. The summed E-state index contributed by atoms with van der Waals surface area (Å²) >= 11 is 20.1. The molecule has 2 aromatic heterocycles. The van der Waals surface area contributed by atoms with Gasteiger partial charge < -0.3 is 39.5 Å². The van der Waals surface area contributed by atoms with Crippen molar-refractivity contribution >= 4 is 68.9 Å². The van der Waals surface area contributed by atoms with Gasteiger partial charge in [0.25, 0.3) is 5.91 Å². The second-order valence-corrected chi connectivity index (χ2v) is 15.8. The summed E-state index contributed by atoms with van der Waals surface area (Å²) in [6, 6.07) is 24.7. The topological polar surface area (TPSA) is 117 Å². The highest BCUT2D eigenvalue weighted by Gasteiger charge is 2.37. The number of nitrogens with zero attached hydrogens (tertiary/aromatic N) is 4. The van der Waals surface area contributed by atoms with E-state index in [0.29, 0.717) is 63.0 Å². The fourth-order valence-corrected chi connectivity index (χ4v) is 9.33. The molecular weight excluding hydrogens is 785 g/mol. The maximum Gasteiger partial charge on any atom is 0.272 e. The van der Waals surface area contributed by atoms with E-state index in [0.717, 1.165) is 78.2 Å². The van der Waals surface area contributed by atoms with Gasteiger partial charge in [0.15, 0.2) is 0 Å². The lowest BCUT2D eigenvalue weighted by Crippen LogP contribution is -2.55. The Morgan fingerprint density at radius 1 is 0.930 bits per heavy atom. The second-order valence-electron chi connectivity index (χ2n) is 14.5. The first kappa shape index (κ1) is 37.5. The summed E-state index contributed by atoms with van der Waals surface area (Å²) < 4.78 is 13.3. The Balaban J connectivity index is 1.14. The average Bonchev–Trinajstić information content (AvgIpc) is 3.82. The number of H-pyrrole nitrogens is 1. The number of piperazine rings is 1. The van der Waals surface area contributed by atoms with Crippen LogP contribution in [0.3, 0.4) is 0 Å². The third-order valence-electron chi connectivity index (χ3n) is 11.2. The van der Waals surface area contributed by atoms with Gasteiger partial charge >= 0.3 is 0 Å². The number of rotatable bonds is 10. The molecule has 3 N–H and O–H groups in total. The van der Waals surface area contributed by atoms with E-state index in [4.69, 9.17) is 49.3 Å². The molecule has 0 spiro atoms. The number of carbonyl (C=O) groups excluding carboxylic acids is 2. The minimum Gasteiger partial charge on any atom is -0.491 e. The molecule has 0 aliphatic carbocycles. The summed E-state index contributed by atoms with van der Waals surface area (Å²) in [5.74, 6) is 0.414. The van der Waals surface area contributed by atoms with Crippen LogP contribution in [0.25, 0.3) is 33.4 Å². The molecule has 57 heavy (non-hydrogen) atoms. The summed E-state index contributed by atoms with van der Waals surface area (Å²) in [6.07, 6.45) is 3.45. The molecule has 1 atom stereocenters. The maximum absolute atomic E-state index is 14.9. The molecule has 2 amide bonds. The van der Waals surface area contributed by atoms with E-state index >= 15 is 0 Å². The van der Waals surface area contributed by atoms with Gasteiger partial charge in [-0.05, 0) is 60.4 Å². The number of ether oxygens (including phenoxy) is 2. The van der Waals surface area contributed by atoms with Crippen molar-refractivity contribution in [2.45, 2.75) is 24.9 Å². The quantitative estimate of drug-likeness (QED) is 0.119. The highest BCUT2D eigenvalue weighted by atomic mass is 35.5. The van der Waals surface area contributed by atoms with Crippen LogP contribution >= 0.6 is 34.8 Å². The molecule has 0 saturated carbocycles. The first-order chi connectivity index (χ1) is 27.8. The molecule has 0 unspecified atom stereocenters. The first-order valence-electron chi connectivity index (χ1n) is 19.0. The van der Waals surface area contributed by atoms with E-state index in [1.54, 1.807) is 19.5 Å². The van der Waals surface area contributed by atoms with Crippen LogP contribution in [0.4, 0.5) is 11.4 Å². The lowest BCUT2D eigenvalue weighted by Gasteiger charge is -2.41. The van der Waals surface area contributed by atoms with Crippen LogP contribution in [0.5, 0.6) is 5.75 Å². The van der Waals surface area contributed by atoms with Crippen LogP contribution in [-0.4, -0.2) is 90.3 Å². The van der Waals surface area contributed by atoms with E-state index in [9.17, 15) is 9.59 Å². The van der Waals surface area contributed by atoms with Crippen molar-refractivity contribution < 1.29 is 19.1 Å². The number of hydrogen-bond donors (Lipinski definition) is 3. The van der Waals surface area contributed by atoms with Crippen molar-refractivity contribution in [3.05, 3.63) is 117 Å². The fraction of sp³-hybridized carbons (Fsp3) is 0.279. The molecule has 2 fully saturated rings. The first-order valence-corrected chi connectivity index (χ1v) is 20.2. The third kappa shape index (κ3) is 7.01. The number of benzene rings is 4. The van der Waals surface area contributed by atoms with Gasteiger partial charge in [0.2, 0.25) is 5.91 Å². The number of amides is 2. The van der Waals surface area contributed by atoms with Gasteiger partial charge in [-0.1, -0.05) is 71.2 Å². The number of methoxy groups -OCH3 is 1. The number of hydrogen-bond acceptors (Lipinski definition) is 7. The van der Waals surface area contributed by atoms with Crippen molar-refractivity contribution in [2.24, 2.45) is 0 Å². The minimum atomic E-state index is -0.415. The Bertz CT molecular complexity index is 2500. The lowest BCUT2D eigenvalue weighted by atomic mass is 9.87. The van der Waals surface area contributed by atoms with Crippen LogP contribution < -0.4 is 20.3 Å². The number of piperidine rings is 1. The van der Waals surface area contributed by atoms with Gasteiger partial charge in [-0.15, -0.1) is 0 Å². The zero-order chi connectivity index (χ0) is 39.2. The third-order valence-corrected chi connectivity index (χ3v) is 12.0. The molecule has 0 radical (unpaired) electrons. The molecule has 3 aliphatic rings. The Hall–Kier alpha value is -5.04. The number of halogens is 3. The summed E-state index contributed by atoms with van der Waals surface area (Å²) in [6.45, 7) is 4.13. The van der Waals surface area contributed by atoms with E-state index in [1.807, 2.05) is 77.7 Å². The van der Waals surface area contributed by atoms with Crippen molar-refractivity contribution in [1.29, 1.82) is 0 Å². The number of carbonyl (C=O) groups is 2. The predicted molar refractivity (Wildman–Crippen MR) is 225 cm³/mol. The van der Waals surface area contributed by atoms with E-state index in [2.05, 4.69) is 25.1 Å². The van der Waals surface area contributed by atoms with Crippen LogP contribution in [-0.2, 0) is 9.53 Å². The van der Waals surface area contributed by atoms with E-state index in [1.165, 1.54) is 0 Å². The molecule has 292 valence electrons. The molecule has 5 heterocycles. The fourth-order valence-electron chi connectivity index (χ4n) is 8.59. The van der Waals surface area contributed by atoms with Crippen LogP contribution in [0.15, 0.2) is 85.2 Å². The van der Waals surface area contributed by atoms with Gasteiger partial charge in [0, 0.05) is 82.5 Å². The second kappa shape index (κ2) is 15.7. The Morgan fingerprint density at radius 3 is 2.53 bits per heavy atom. The number of imidazole rings is 1. The largest absolute Gasteiger partial charge is 0.491 e. The van der Waals surface area contributed by atoms with Crippen molar-refractivity contribution in [1.82, 2.24) is 24.8 Å². The molecule has 9 rings (SSSR count). The Labute approximate surface area is 344 Å². The minimum absolute atomic E-state index is 0.149. The summed E-state index contributed by atoms with van der Waals surface area (Å²) in [5, 5.41) is 8.84. The monoisotopic (exact) mass is 823 g/mol. The zero-order valence-corrected chi connectivity index (χ0v) is 33.4. The zero-order valence-electron chi connectivity index (χ0n) is 31.2. The Morgan fingerprint density at radius 2 is 1.75 bits per heavy atom. The number of fused-ring (bicyclic) bond motifs is 2. The SMILES string of the molecule is COCCOc1ccc(N2CCC(N3CCNCC3=O)CC2)c(NC(=O)c2[nH]c3cc(Cl)cc4c3c2-c2c(-c3ccccc3)ncn2[C@@H]4c2ccc(Cl)cc2Cl)c1. The number of aromatic nitrogens is 3. The maximum atomic E-state index is 14.9. The average molecular weight is 825 g/mol. The van der Waals surface area contributed by atoms with Gasteiger partial charge in [-0.3, -0.25) is 9.59 Å². The van der Waals surface area contributed by atoms with Crippen molar-refractivity contribution in [3.8, 4) is 28.3 Å². The summed E-state index contributed by atoms with van der Waals surface area (Å²) in [7, 11) is 1.63. The summed E-state index contributed by atoms with van der Waals surface area (Å²) in [5.41, 5.74) is 7.34. The van der Waals surface area contributed by atoms with Crippen LogP contribution in [0.2, 0.25) is 15.1 Å². The predicted octanol–water partition coefficient (Wildman–Crippen LogP) is 8.29. The molecule has 4 aromatic carbocycles. The number of aromatic amines is 1. The van der Waals surface area contributed by atoms with E-state index < -0.39 is 6.04 Å². The van der Waals surface area contributed by atoms with Crippen LogP contribution in [0, 0.1) is 0 Å². The van der Waals surface area contributed by atoms with Crippen molar-refractivity contribution in [2.75, 3.05) is 63.3 Å². The summed E-state index contributed by atoms with van der Waals surface area (Å²) in [4.78, 5) is 40.4. The highest BCUT2D eigenvalue weighted by molar-refractivity contribution is 6.35. The van der Waals surface area contributed by atoms with Crippen LogP contribution in [0.1, 0.15) is 40.5 Å². The molecule has 2 saturated heterocycles. The van der Waals surface area contributed by atoms with Gasteiger partial charge in [-0.2, -0.15) is 0 Å². The number of nitrogens with one attached hydrogen (secondary N) is 3. The molecule has 3 aliphatic heterocycles. The van der Waals surface area contributed by atoms with Gasteiger partial charge in [0.05, 0.1) is 48.3 Å². The smallest absolute Gasteiger partial charge is 0.272 e. The molecule has 14 heteroatoms. The normalized spacial score (nSPS) is 16.9. The standard InChI is InChI=1S/C43H40Cl3N7O4/c1-56-17-18-57-29-8-10-35(51-14-11-28(12-15-51)52-16-13-47-23-36(52)54)33(22-29)50-43(55)40-38-37-31(19-27(45)21-34(37)49-40)41(30-9-7-26(44)20-32(30)46)53-24-48-39(42(38)53)25-5-3-2-4-6-25/h2-10,19-22,24,28,41,47,49H,11-18,23H2,1H3,(H,50,55)/t41-/m1/s1. The number of anilines is 2. The highest BCUT2D eigenvalue weighted by Crippen LogP contribution is 2.51. The van der Waals surface area contributed by atoms with E-state index in [-0.39, 0.29) is 17.9 Å². The lowest BCUT2D eigenvalue weighted by molar-refractivity contribution is -0.134. The molecule has 11 nitrogen and oxygen atoms in total. The van der Waals surface area contributed by atoms with Crippen molar-refractivity contribution in [3.63, 3.8) is 0 Å². The van der Waals surface area contributed by atoms with Gasteiger partial charge in [0.1, 0.15) is 18.1 Å². The molecule has 0 bridgehead atoms.